The number of aryl methyl sites for hydroxylation is 1. The van der Waals surface area contributed by atoms with Crippen LogP contribution in [0, 0.1) is 12.7 Å². The molecule has 0 bridgehead atoms. The summed E-state index contributed by atoms with van der Waals surface area (Å²) in [5, 5.41) is 2.69. The summed E-state index contributed by atoms with van der Waals surface area (Å²) in [5.41, 5.74) is 9.20. The van der Waals surface area contributed by atoms with Gasteiger partial charge in [-0.1, -0.05) is 42.0 Å². The van der Waals surface area contributed by atoms with Crippen LogP contribution in [0.5, 0.6) is 0 Å². The number of halogens is 1. The van der Waals surface area contributed by atoms with Gasteiger partial charge in [0.05, 0.1) is 0 Å². The van der Waals surface area contributed by atoms with Crippen LogP contribution in [-0.2, 0) is 20.7 Å². The van der Waals surface area contributed by atoms with Crippen LogP contribution in [0.1, 0.15) is 29.2 Å². The average Bonchev–Trinajstić information content (AvgIpc) is 3.18. The van der Waals surface area contributed by atoms with Gasteiger partial charge in [-0.15, -0.1) is 0 Å². The number of hydrogen-bond donors (Lipinski definition) is 3. The van der Waals surface area contributed by atoms with Gasteiger partial charge in [-0.3, -0.25) is 9.59 Å². The Morgan fingerprint density at radius 2 is 1.82 bits per heavy atom. The molecule has 0 aliphatic carbocycles. The number of carbonyl (C=O) groups is 2. The lowest BCUT2D eigenvalue weighted by Gasteiger charge is -2.11. The summed E-state index contributed by atoms with van der Waals surface area (Å²) in [6.07, 6.45) is 1.13. The third-order valence-corrected chi connectivity index (χ3v) is 4.66. The van der Waals surface area contributed by atoms with E-state index < -0.39 is 12.0 Å². The molecule has 28 heavy (non-hydrogen) atoms. The van der Waals surface area contributed by atoms with E-state index in [9.17, 15) is 14.0 Å². The molecule has 1 aliphatic heterocycles. The molecule has 1 amide bonds. The molecule has 1 heterocycles. The van der Waals surface area contributed by atoms with Crippen LogP contribution in [0.25, 0.3) is 0 Å². The quantitative estimate of drug-likeness (QED) is 0.635. The van der Waals surface area contributed by atoms with Crippen LogP contribution < -0.4 is 16.2 Å². The van der Waals surface area contributed by atoms with E-state index in [-0.39, 0.29) is 24.4 Å². The molecule has 148 valence electrons. The highest BCUT2D eigenvalue weighted by molar-refractivity contribution is 5.82. The van der Waals surface area contributed by atoms with E-state index >= 15 is 0 Å². The molecule has 1 aliphatic rings. The molecule has 1 fully saturated rings. The number of esters is 1. The van der Waals surface area contributed by atoms with Gasteiger partial charge in [-0.05, 0) is 43.0 Å². The van der Waals surface area contributed by atoms with Gasteiger partial charge in [0, 0.05) is 12.6 Å². The van der Waals surface area contributed by atoms with Crippen LogP contribution in [0.3, 0.4) is 0 Å². The van der Waals surface area contributed by atoms with E-state index in [4.69, 9.17) is 4.74 Å². The minimum atomic E-state index is -0.502. The van der Waals surface area contributed by atoms with E-state index in [0.717, 1.165) is 11.1 Å². The smallest absolute Gasteiger partial charge is 0.325 e. The second-order valence-electron chi connectivity index (χ2n) is 6.87. The van der Waals surface area contributed by atoms with Gasteiger partial charge in [0.15, 0.2) is 6.61 Å². The zero-order valence-electron chi connectivity index (χ0n) is 15.7. The second kappa shape index (κ2) is 9.43. The fraction of sp³-hybridized carbons (Fsp3) is 0.333. The van der Waals surface area contributed by atoms with Crippen molar-refractivity contribution in [2.24, 2.45) is 0 Å². The second-order valence-corrected chi connectivity index (χ2v) is 6.87. The fourth-order valence-corrected chi connectivity index (χ4v) is 3.01. The van der Waals surface area contributed by atoms with Gasteiger partial charge in [0.2, 0.25) is 0 Å². The van der Waals surface area contributed by atoms with Gasteiger partial charge in [0.1, 0.15) is 11.9 Å². The number of hydrazine groups is 1. The summed E-state index contributed by atoms with van der Waals surface area (Å²) in [6, 6.07) is 13.7. The zero-order valence-corrected chi connectivity index (χ0v) is 15.7. The lowest BCUT2D eigenvalue weighted by Crippen LogP contribution is -2.39. The summed E-state index contributed by atoms with van der Waals surface area (Å²) in [5.74, 6) is -1.12. The lowest BCUT2D eigenvalue weighted by atomic mass is 10.0. The number of hydrogen-bond acceptors (Lipinski definition) is 5. The van der Waals surface area contributed by atoms with E-state index in [2.05, 4.69) is 16.2 Å². The Morgan fingerprint density at radius 3 is 2.54 bits per heavy atom. The molecule has 2 unspecified atom stereocenters. The maximum atomic E-state index is 12.9. The van der Waals surface area contributed by atoms with E-state index in [1.807, 2.05) is 31.2 Å². The molecule has 2 atom stereocenters. The van der Waals surface area contributed by atoms with Crippen LogP contribution in [0.2, 0.25) is 0 Å². The highest BCUT2D eigenvalue weighted by Gasteiger charge is 2.31. The van der Waals surface area contributed by atoms with E-state index in [1.54, 1.807) is 12.1 Å². The van der Waals surface area contributed by atoms with Gasteiger partial charge in [-0.2, -0.15) is 0 Å². The molecule has 0 spiro atoms. The minimum Gasteiger partial charge on any atom is -0.454 e. The number of carbonyl (C=O) groups excluding carboxylic acids is 2. The van der Waals surface area contributed by atoms with Crippen LogP contribution in [-0.4, -0.2) is 31.1 Å². The number of nitrogens with one attached hydrogen (secondary N) is 3. The third-order valence-electron chi connectivity index (χ3n) is 4.66. The van der Waals surface area contributed by atoms with Crippen molar-refractivity contribution in [2.75, 3.05) is 13.2 Å². The lowest BCUT2D eigenvalue weighted by molar-refractivity contribution is -0.150. The monoisotopic (exact) mass is 385 g/mol. The van der Waals surface area contributed by atoms with Crippen molar-refractivity contribution in [3.05, 3.63) is 71.0 Å². The maximum Gasteiger partial charge on any atom is 0.325 e. The fourth-order valence-electron chi connectivity index (χ4n) is 3.01. The largest absolute Gasteiger partial charge is 0.454 e. The molecule has 0 radical (unpaired) electrons. The number of amides is 1. The zero-order chi connectivity index (χ0) is 19.9. The molecule has 2 aromatic carbocycles. The van der Waals surface area contributed by atoms with Crippen molar-refractivity contribution in [3.8, 4) is 0 Å². The van der Waals surface area contributed by atoms with Crippen molar-refractivity contribution in [3.63, 3.8) is 0 Å². The first-order chi connectivity index (χ1) is 13.5. The van der Waals surface area contributed by atoms with Gasteiger partial charge < -0.3 is 10.1 Å². The van der Waals surface area contributed by atoms with Crippen LogP contribution >= 0.6 is 0 Å². The molecule has 7 heteroatoms. The summed E-state index contributed by atoms with van der Waals surface area (Å²) in [4.78, 5) is 24.0. The first kappa shape index (κ1) is 20.0. The molecule has 3 rings (SSSR count). The first-order valence-corrected chi connectivity index (χ1v) is 9.26. The summed E-state index contributed by atoms with van der Waals surface area (Å²) < 4.78 is 18.0. The van der Waals surface area contributed by atoms with Crippen molar-refractivity contribution in [1.82, 2.24) is 16.2 Å². The highest BCUT2D eigenvalue weighted by Crippen LogP contribution is 2.22. The minimum absolute atomic E-state index is 0.0164. The summed E-state index contributed by atoms with van der Waals surface area (Å²) >= 11 is 0. The topological polar surface area (TPSA) is 79.5 Å². The SMILES string of the molecule is Cc1ccc(C2CC(C(=O)OCC(=O)NCCc3ccc(F)cc3)NN2)cc1. The molecule has 2 aromatic rings. The van der Waals surface area contributed by atoms with Gasteiger partial charge >= 0.3 is 5.97 Å². The third kappa shape index (κ3) is 5.61. The Kier molecular flexibility index (Phi) is 6.73. The van der Waals surface area contributed by atoms with Crippen molar-refractivity contribution < 1.29 is 18.7 Å². The molecular formula is C21H24FN3O3. The highest BCUT2D eigenvalue weighted by atomic mass is 19.1. The van der Waals surface area contributed by atoms with E-state index in [1.165, 1.54) is 17.7 Å². The summed E-state index contributed by atoms with van der Waals surface area (Å²) in [6.45, 7) is 2.09. The predicted molar refractivity (Wildman–Crippen MR) is 103 cm³/mol. The Labute approximate surface area is 163 Å². The molecule has 3 N–H and O–H groups in total. The number of ether oxygens (including phenoxy) is 1. The Hall–Kier alpha value is -2.77. The van der Waals surface area contributed by atoms with E-state index in [0.29, 0.717) is 19.4 Å². The normalized spacial score (nSPS) is 18.6. The standard InChI is InChI=1S/C21H24FN3O3/c1-14-2-6-16(7-3-14)18-12-19(25-24-18)21(27)28-13-20(26)23-11-10-15-4-8-17(22)9-5-15/h2-9,18-19,24-25H,10-13H2,1H3,(H,23,26). The van der Waals surface area contributed by atoms with Crippen LogP contribution in [0.4, 0.5) is 4.39 Å². The first-order valence-electron chi connectivity index (χ1n) is 9.26. The summed E-state index contributed by atoms with van der Waals surface area (Å²) in [7, 11) is 0. The van der Waals surface area contributed by atoms with Gasteiger partial charge in [-0.25, -0.2) is 15.2 Å². The Bertz CT molecular complexity index is 809. The Morgan fingerprint density at radius 1 is 1.11 bits per heavy atom. The van der Waals surface area contributed by atoms with Crippen molar-refractivity contribution in [1.29, 1.82) is 0 Å². The average molecular weight is 385 g/mol. The molecule has 0 saturated carbocycles. The number of benzene rings is 2. The van der Waals surface area contributed by atoms with Crippen molar-refractivity contribution in [2.45, 2.75) is 31.8 Å². The van der Waals surface area contributed by atoms with Crippen molar-refractivity contribution >= 4 is 11.9 Å². The maximum absolute atomic E-state index is 12.9. The molecule has 1 saturated heterocycles. The predicted octanol–water partition coefficient (Wildman–Crippen LogP) is 1.94. The van der Waals surface area contributed by atoms with Crippen LogP contribution in [0.15, 0.2) is 48.5 Å². The Balaban J connectivity index is 1.36. The van der Waals surface area contributed by atoms with Gasteiger partial charge in [0.25, 0.3) is 5.91 Å². The number of rotatable bonds is 7. The molecule has 6 nitrogen and oxygen atoms in total. The molecular weight excluding hydrogens is 361 g/mol. The molecule has 0 aromatic heterocycles.